The average Bonchev–Trinajstić information content (AvgIpc) is 2.37. The van der Waals surface area contributed by atoms with Crippen LogP contribution in [0.4, 0.5) is 13.2 Å². The van der Waals surface area contributed by atoms with Gasteiger partial charge in [-0.15, -0.1) is 0 Å². The molecule has 0 aromatic carbocycles. The number of halogens is 3. The van der Waals surface area contributed by atoms with E-state index in [9.17, 15) is 18.0 Å². The number of likely N-dealkylation sites (tertiary alicyclic amines) is 1. The van der Waals surface area contributed by atoms with Crippen LogP contribution in [0.25, 0.3) is 0 Å². The quantitative estimate of drug-likeness (QED) is 0.850. The molecular formula is C14H22F3NO2. The van der Waals surface area contributed by atoms with Crippen molar-refractivity contribution in [2.24, 2.45) is 17.8 Å². The summed E-state index contributed by atoms with van der Waals surface area (Å²) in [5.41, 5.74) is 0. The Balaban J connectivity index is 2.06. The van der Waals surface area contributed by atoms with Crippen molar-refractivity contribution in [3.8, 4) is 0 Å². The lowest BCUT2D eigenvalue weighted by Crippen LogP contribution is -2.49. The minimum absolute atomic E-state index is 0.0623. The fourth-order valence-corrected chi connectivity index (χ4v) is 3.69. The molecule has 0 bridgehead atoms. The summed E-state index contributed by atoms with van der Waals surface area (Å²) in [5.74, 6) is -3.76. The van der Waals surface area contributed by atoms with Crippen LogP contribution in [0.3, 0.4) is 0 Å². The molecule has 20 heavy (non-hydrogen) atoms. The van der Waals surface area contributed by atoms with E-state index >= 15 is 0 Å². The lowest BCUT2D eigenvalue weighted by Gasteiger charge is -2.43. The summed E-state index contributed by atoms with van der Waals surface area (Å²) in [4.78, 5) is 13.2. The summed E-state index contributed by atoms with van der Waals surface area (Å²) >= 11 is 0. The molecule has 0 amide bonds. The van der Waals surface area contributed by atoms with Gasteiger partial charge in [0.05, 0.1) is 11.8 Å². The van der Waals surface area contributed by atoms with Crippen molar-refractivity contribution >= 4 is 5.97 Å². The number of hydrogen-bond donors (Lipinski definition) is 1. The van der Waals surface area contributed by atoms with Gasteiger partial charge in [-0.1, -0.05) is 6.92 Å². The van der Waals surface area contributed by atoms with Crippen molar-refractivity contribution < 1.29 is 23.1 Å². The summed E-state index contributed by atoms with van der Waals surface area (Å²) in [6.45, 7) is 3.81. The second-order valence-corrected chi connectivity index (χ2v) is 6.30. The average molecular weight is 293 g/mol. The first-order chi connectivity index (χ1) is 9.29. The third kappa shape index (κ3) is 3.45. The summed E-state index contributed by atoms with van der Waals surface area (Å²) in [6, 6.07) is -0.111. The first kappa shape index (κ1) is 15.6. The summed E-state index contributed by atoms with van der Waals surface area (Å²) in [5, 5.41) is 9.00. The number of carboxylic acids is 1. The molecule has 0 aromatic heterocycles. The van der Waals surface area contributed by atoms with E-state index in [1.165, 1.54) is 0 Å². The smallest absolute Gasteiger partial charge is 0.392 e. The predicted molar refractivity (Wildman–Crippen MR) is 68.3 cm³/mol. The predicted octanol–water partition coefficient (Wildman–Crippen LogP) is 3.15. The zero-order chi connectivity index (χ0) is 14.9. The molecule has 1 aliphatic carbocycles. The molecular weight excluding hydrogens is 271 g/mol. The van der Waals surface area contributed by atoms with E-state index in [0.717, 1.165) is 25.9 Å². The molecule has 116 valence electrons. The van der Waals surface area contributed by atoms with Crippen molar-refractivity contribution in [2.45, 2.75) is 51.2 Å². The number of aliphatic carboxylic acids is 1. The first-order valence-corrected chi connectivity index (χ1v) is 7.32. The third-order valence-electron chi connectivity index (χ3n) is 4.77. The number of carboxylic acid groups (broad SMARTS) is 1. The largest absolute Gasteiger partial charge is 0.481 e. The van der Waals surface area contributed by atoms with Gasteiger partial charge in [0.25, 0.3) is 0 Å². The standard InChI is InChI=1S/C14H22F3NO2/c1-9-3-2-6-18(8-9)10-4-5-11(13(19)20)12(7-10)14(15,16)17/h9-12H,2-8H2,1H3,(H,19,20). The Morgan fingerprint density at radius 3 is 2.50 bits per heavy atom. The first-order valence-electron chi connectivity index (χ1n) is 7.32. The zero-order valence-corrected chi connectivity index (χ0v) is 11.7. The minimum Gasteiger partial charge on any atom is -0.481 e. The van der Waals surface area contributed by atoms with Crippen LogP contribution in [-0.2, 0) is 4.79 Å². The molecule has 1 aliphatic heterocycles. The van der Waals surface area contributed by atoms with Crippen molar-refractivity contribution in [3.63, 3.8) is 0 Å². The number of nitrogens with zero attached hydrogens (tertiary/aromatic N) is 1. The molecule has 4 unspecified atom stereocenters. The fourth-order valence-electron chi connectivity index (χ4n) is 3.69. The Labute approximate surface area is 117 Å². The second kappa shape index (κ2) is 5.92. The van der Waals surface area contributed by atoms with E-state index in [2.05, 4.69) is 11.8 Å². The second-order valence-electron chi connectivity index (χ2n) is 6.30. The van der Waals surface area contributed by atoms with Gasteiger partial charge < -0.3 is 10.0 Å². The van der Waals surface area contributed by atoms with Gasteiger partial charge in [-0.25, -0.2) is 0 Å². The van der Waals surface area contributed by atoms with Gasteiger partial charge in [-0.3, -0.25) is 4.79 Å². The number of rotatable bonds is 2. The molecule has 4 atom stereocenters. The molecule has 0 spiro atoms. The molecule has 1 N–H and O–H groups in total. The van der Waals surface area contributed by atoms with E-state index in [-0.39, 0.29) is 18.9 Å². The lowest BCUT2D eigenvalue weighted by atomic mass is 9.75. The van der Waals surface area contributed by atoms with Crippen molar-refractivity contribution in [1.82, 2.24) is 4.90 Å². The summed E-state index contributed by atoms with van der Waals surface area (Å²) in [7, 11) is 0. The molecule has 1 saturated heterocycles. The van der Waals surface area contributed by atoms with Crippen LogP contribution in [0.15, 0.2) is 0 Å². The monoisotopic (exact) mass is 293 g/mol. The molecule has 3 nitrogen and oxygen atoms in total. The van der Waals surface area contributed by atoms with Gasteiger partial charge in [0.2, 0.25) is 0 Å². The van der Waals surface area contributed by atoms with Crippen LogP contribution in [0.1, 0.15) is 39.0 Å². The summed E-state index contributed by atoms with van der Waals surface area (Å²) in [6.07, 6.45) is -1.62. The Bertz CT molecular complexity index is 359. The highest BCUT2D eigenvalue weighted by atomic mass is 19.4. The van der Waals surface area contributed by atoms with E-state index < -0.39 is 24.0 Å². The Hall–Kier alpha value is -0.780. The number of piperidine rings is 1. The maximum absolute atomic E-state index is 13.1. The van der Waals surface area contributed by atoms with E-state index in [0.29, 0.717) is 12.3 Å². The zero-order valence-electron chi connectivity index (χ0n) is 11.7. The van der Waals surface area contributed by atoms with E-state index in [1.807, 2.05) is 0 Å². The van der Waals surface area contributed by atoms with Gasteiger partial charge in [-0.05, 0) is 44.6 Å². The van der Waals surface area contributed by atoms with Crippen LogP contribution >= 0.6 is 0 Å². The fraction of sp³-hybridized carbons (Fsp3) is 0.929. The normalized spacial score (nSPS) is 36.8. The molecule has 2 fully saturated rings. The molecule has 1 heterocycles. The number of alkyl halides is 3. The SMILES string of the molecule is CC1CCCN(C2CCC(C(=O)O)C(C(F)(F)F)C2)C1. The van der Waals surface area contributed by atoms with Crippen LogP contribution in [0, 0.1) is 17.8 Å². The van der Waals surface area contributed by atoms with Crippen molar-refractivity contribution in [2.75, 3.05) is 13.1 Å². The molecule has 0 radical (unpaired) electrons. The van der Waals surface area contributed by atoms with Gasteiger partial charge in [0.1, 0.15) is 0 Å². The van der Waals surface area contributed by atoms with Gasteiger partial charge in [0.15, 0.2) is 0 Å². The lowest BCUT2D eigenvalue weighted by molar-refractivity contribution is -0.208. The maximum atomic E-state index is 13.1. The van der Waals surface area contributed by atoms with Crippen LogP contribution < -0.4 is 0 Å². The molecule has 6 heteroatoms. The van der Waals surface area contributed by atoms with Gasteiger partial charge >= 0.3 is 12.1 Å². The van der Waals surface area contributed by atoms with Crippen molar-refractivity contribution in [1.29, 1.82) is 0 Å². The van der Waals surface area contributed by atoms with Gasteiger partial charge in [0, 0.05) is 12.6 Å². The van der Waals surface area contributed by atoms with Crippen molar-refractivity contribution in [3.05, 3.63) is 0 Å². The number of hydrogen-bond acceptors (Lipinski definition) is 2. The van der Waals surface area contributed by atoms with Crippen LogP contribution in [0.2, 0.25) is 0 Å². The maximum Gasteiger partial charge on any atom is 0.392 e. The minimum atomic E-state index is -4.41. The molecule has 1 saturated carbocycles. The number of carbonyl (C=O) groups is 1. The van der Waals surface area contributed by atoms with Crippen LogP contribution in [-0.4, -0.2) is 41.3 Å². The summed E-state index contributed by atoms with van der Waals surface area (Å²) < 4.78 is 39.3. The topological polar surface area (TPSA) is 40.5 Å². The molecule has 0 aromatic rings. The Kier molecular flexibility index (Phi) is 4.62. The molecule has 2 rings (SSSR count). The van der Waals surface area contributed by atoms with E-state index in [1.54, 1.807) is 0 Å². The third-order valence-corrected chi connectivity index (χ3v) is 4.77. The Morgan fingerprint density at radius 1 is 1.25 bits per heavy atom. The Morgan fingerprint density at radius 2 is 1.95 bits per heavy atom. The molecule has 2 aliphatic rings. The van der Waals surface area contributed by atoms with Gasteiger partial charge in [-0.2, -0.15) is 13.2 Å². The highest BCUT2D eigenvalue weighted by molar-refractivity contribution is 5.70. The highest BCUT2D eigenvalue weighted by Crippen LogP contribution is 2.43. The highest BCUT2D eigenvalue weighted by Gasteiger charge is 2.51. The van der Waals surface area contributed by atoms with E-state index in [4.69, 9.17) is 5.11 Å². The van der Waals surface area contributed by atoms with Crippen LogP contribution in [0.5, 0.6) is 0 Å².